The van der Waals surface area contributed by atoms with E-state index < -0.39 is 22.6 Å². The molecule has 4 N–H and O–H groups in total. The normalized spacial score (nSPS) is 18.6. The van der Waals surface area contributed by atoms with E-state index in [9.17, 15) is 19.6 Å². The number of ether oxygens (including phenoxy) is 1. The van der Waals surface area contributed by atoms with E-state index in [-0.39, 0.29) is 29.4 Å². The van der Waals surface area contributed by atoms with Crippen LogP contribution in [0.2, 0.25) is 0 Å². The number of carbonyl (C=O) groups excluding carboxylic acids is 1. The van der Waals surface area contributed by atoms with E-state index in [2.05, 4.69) is 26.2 Å². The average Bonchev–Trinajstić information content (AvgIpc) is 3.03. The molecule has 2 aromatic carbocycles. The van der Waals surface area contributed by atoms with Crippen LogP contribution in [-0.4, -0.2) is 15.5 Å². The van der Waals surface area contributed by atoms with Gasteiger partial charge in [-0.25, -0.2) is 4.79 Å². The van der Waals surface area contributed by atoms with E-state index in [0.29, 0.717) is 21.3 Å². The van der Waals surface area contributed by atoms with Crippen molar-refractivity contribution in [1.82, 2.24) is 9.55 Å². The number of rotatable bonds is 2. The van der Waals surface area contributed by atoms with Crippen LogP contribution in [0, 0.1) is 11.3 Å². The Morgan fingerprint density at radius 3 is 2.62 bits per heavy atom. The number of hydrogen-bond donors (Lipinski definition) is 3. The lowest BCUT2D eigenvalue weighted by atomic mass is 9.69. The fraction of sp³-hybridized carbons (Fsp3) is 0.0909. The first-order chi connectivity index (χ1) is 15.4. The van der Waals surface area contributed by atoms with Crippen LogP contribution in [-0.2, 0) is 16.8 Å². The zero-order valence-corrected chi connectivity index (χ0v) is 17.9. The number of nitrogens with one attached hydrogen (secondary N) is 2. The van der Waals surface area contributed by atoms with Crippen molar-refractivity contribution in [3.8, 4) is 11.9 Å². The molecule has 158 valence electrons. The molecule has 10 heteroatoms. The van der Waals surface area contributed by atoms with Crippen molar-refractivity contribution in [1.29, 1.82) is 5.26 Å². The van der Waals surface area contributed by atoms with Crippen molar-refractivity contribution in [2.75, 3.05) is 5.32 Å². The SMILES string of the molecule is N#CC1=C(N)Oc2[nH]c(=O)n(Cc3ccccc3)c(=O)c2C12C(=O)Nc1ccc(Br)cc12. The predicted octanol–water partition coefficient (Wildman–Crippen LogP) is 1.67. The first-order valence-corrected chi connectivity index (χ1v) is 10.3. The summed E-state index contributed by atoms with van der Waals surface area (Å²) in [7, 11) is 0. The number of fused-ring (bicyclic) bond motifs is 4. The quantitative estimate of drug-likeness (QED) is 0.497. The van der Waals surface area contributed by atoms with Gasteiger partial charge in [0.15, 0.2) is 5.41 Å². The number of aromatic amines is 1. The molecule has 32 heavy (non-hydrogen) atoms. The summed E-state index contributed by atoms with van der Waals surface area (Å²) in [5.74, 6) is -1.26. The molecule has 1 unspecified atom stereocenters. The second-order valence-electron chi connectivity index (χ2n) is 7.36. The highest BCUT2D eigenvalue weighted by atomic mass is 79.9. The third-order valence-corrected chi connectivity index (χ3v) is 6.12. The number of nitriles is 1. The van der Waals surface area contributed by atoms with Crippen LogP contribution >= 0.6 is 15.9 Å². The molecular weight excluding hydrogens is 478 g/mol. The lowest BCUT2D eigenvalue weighted by Gasteiger charge is -2.32. The van der Waals surface area contributed by atoms with Gasteiger partial charge in [-0.1, -0.05) is 46.3 Å². The second kappa shape index (κ2) is 6.96. The Kier molecular flexibility index (Phi) is 4.32. The summed E-state index contributed by atoms with van der Waals surface area (Å²) in [5.41, 5.74) is 3.73. The van der Waals surface area contributed by atoms with Crippen molar-refractivity contribution in [3.05, 3.63) is 102 Å². The van der Waals surface area contributed by atoms with Crippen molar-refractivity contribution < 1.29 is 9.53 Å². The van der Waals surface area contributed by atoms with E-state index in [4.69, 9.17) is 10.5 Å². The van der Waals surface area contributed by atoms with Gasteiger partial charge in [-0.05, 0) is 23.8 Å². The van der Waals surface area contributed by atoms with Gasteiger partial charge >= 0.3 is 5.69 Å². The van der Waals surface area contributed by atoms with Gasteiger partial charge in [0.2, 0.25) is 17.7 Å². The third-order valence-electron chi connectivity index (χ3n) is 5.63. The summed E-state index contributed by atoms with van der Waals surface area (Å²) in [4.78, 5) is 42.4. The number of aromatic nitrogens is 2. The van der Waals surface area contributed by atoms with Crippen LogP contribution in [0.15, 0.2) is 74.0 Å². The second-order valence-corrected chi connectivity index (χ2v) is 8.27. The number of nitrogens with two attached hydrogens (primary N) is 1. The van der Waals surface area contributed by atoms with E-state index in [1.807, 2.05) is 12.1 Å². The van der Waals surface area contributed by atoms with Crippen LogP contribution in [0.4, 0.5) is 5.69 Å². The largest absolute Gasteiger partial charge is 0.423 e. The summed E-state index contributed by atoms with van der Waals surface area (Å²) < 4.78 is 7.06. The Morgan fingerprint density at radius 2 is 1.91 bits per heavy atom. The van der Waals surface area contributed by atoms with Crippen LogP contribution in [0.5, 0.6) is 5.88 Å². The van der Waals surface area contributed by atoms with Gasteiger partial charge in [0.1, 0.15) is 17.2 Å². The van der Waals surface area contributed by atoms with Crippen LogP contribution in [0.3, 0.4) is 0 Å². The Morgan fingerprint density at radius 1 is 1.16 bits per heavy atom. The molecular formula is C22H14BrN5O4. The Labute approximate surface area is 188 Å². The standard InChI is InChI=1S/C22H14BrN5O4/c23-12-6-7-15-13(8-12)22(20(30)26-15)14(9-24)17(25)32-18-16(22)19(29)28(21(31)27-18)10-11-4-2-1-3-5-11/h1-8H,10,25H2,(H,26,30)(H,27,31). The number of anilines is 1. The van der Waals surface area contributed by atoms with Crippen LogP contribution < -0.4 is 27.0 Å². The van der Waals surface area contributed by atoms with Crippen molar-refractivity contribution in [2.45, 2.75) is 12.0 Å². The van der Waals surface area contributed by atoms with Gasteiger partial charge in [-0.2, -0.15) is 5.26 Å². The van der Waals surface area contributed by atoms with Gasteiger partial charge in [-0.3, -0.25) is 19.1 Å². The zero-order valence-electron chi connectivity index (χ0n) is 16.3. The highest BCUT2D eigenvalue weighted by molar-refractivity contribution is 9.10. The Balaban J connectivity index is 1.87. The number of hydrogen-bond acceptors (Lipinski definition) is 6. The molecule has 0 fully saturated rings. The topological polar surface area (TPSA) is 143 Å². The Bertz CT molecular complexity index is 1500. The Hall–Kier alpha value is -4.10. The number of benzene rings is 2. The molecule has 0 saturated heterocycles. The molecule has 0 aliphatic carbocycles. The highest BCUT2D eigenvalue weighted by Crippen LogP contribution is 2.51. The molecule has 0 radical (unpaired) electrons. The van der Waals surface area contributed by atoms with Crippen molar-refractivity contribution in [2.24, 2.45) is 5.73 Å². The summed E-state index contributed by atoms with van der Waals surface area (Å²) >= 11 is 3.38. The number of carbonyl (C=O) groups is 1. The van der Waals surface area contributed by atoms with E-state index in [0.717, 1.165) is 4.57 Å². The number of H-pyrrole nitrogens is 1. The molecule has 3 aromatic rings. The summed E-state index contributed by atoms with van der Waals surface area (Å²) in [5, 5.41) is 12.7. The lowest BCUT2D eigenvalue weighted by Crippen LogP contribution is -2.50. The van der Waals surface area contributed by atoms with Gasteiger partial charge in [0.05, 0.1) is 6.54 Å². The van der Waals surface area contributed by atoms with Gasteiger partial charge in [0.25, 0.3) is 5.56 Å². The fourth-order valence-electron chi connectivity index (χ4n) is 4.25. The molecule has 1 spiro atoms. The minimum atomic E-state index is -1.87. The van der Waals surface area contributed by atoms with E-state index >= 15 is 0 Å². The zero-order chi connectivity index (χ0) is 22.6. The van der Waals surface area contributed by atoms with Crippen molar-refractivity contribution in [3.63, 3.8) is 0 Å². The molecule has 5 rings (SSSR count). The molecule has 0 saturated carbocycles. The minimum absolute atomic E-state index is 0.0353. The molecule has 9 nitrogen and oxygen atoms in total. The summed E-state index contributed by atoms with van der Waals surface area (Å²) in [6, 6.07) is 15.9. The molecule has 1 amide bonds. The highest BCUT2D eigenvalue weighted by Gasteiger charge is 2.58. The van der Waals surface area contributed by atoms with Crippen molar-refractivity contribution >= 4 is 27.5 Å². The van der Waals surface area contributed by atoms with Gasteiger partial charge < -0.3 is 15.8 Å². The molecule has 3 heterocycles. The first kappa shape index (κ1) is 19.8. The summed E-state index contributed by atoms with van der Waals surface area (Å²) in [6.45, 7) is -0.0353. The monoisotopic (exact) mass is 491 g/mol. The maximum Gasteiger partial charge on any atom is 0.331 e. The number of halogens is 1. The molecule has 2 aliphatic rings. The summed E-state index contributed by atoms with van der Waals surface area (Å²) in [6.07, 6.45) is 0. The van der Waals surface area contributed by atoms with Gasteiger partial charge in [0, 0.05) is 15.7 Å². The minimum Gasteiger partial charge on any atom is -0.423 e. The third kappa shape index (κ3) is 2.58. The molecule has 1 atom stereocenters. The maximum atomic E-state index is 13.7. The van der Waals surface area contributed by atoms with Crippen LogP contribution in [0.1, 0.15) is 16.7 Å². The lowest BCUT2D eigenvalue weighted by molar-refractivity contribution is -0.118. The molecule has 1 aromatic heterocycles. The van der Waals surface area contributed by atoms with Crippen LogP contribution in [0.25, 0.3) is 0 Å². The molecule has 0 bridgehead atoms. The predicted molar refractivity (Wildman–Crippen MR) is 118 cm³/mol. The average molecular weight is 492 g/mol. The first-order valence-electron chi connectivity index (χ1n) is 9.49. The fourth-order valence-corrected chi connectivity index (χ4v) is 4.61. The van der Waals surface area contributed by atoms with Gasteiger partial charge in [-0.15, -0.1) is 0 Å². The smallest absolute Gasteiger partial charge is 0.331 e. The van der Waals surface area contributed by atoms with E-state index in [1.54, 1.807) is 42.5 Å². The number of nitrogens with zero attached hydrogens (tertiary/aromatic N) is 2. The number of amides is 1. The van der Waals surface area contributed by atoms with E-state index in [1.165, 1.54) is 0 Å². The maximum absolute atomic E-state index is 13.7. The molecule has 2 aliphatic heterocycles.